The molecule has 0 aliphatic rings. The van der Waals surface area contributed by atoms with Gasteiger partial charge in [-0.05, 0) is 38.1 Å². The topological polar surface area (TPSA) is 24.9 Å². The third-order valence-electron chi connectivity index (χ3n) is 2.50. The van der Waals surface area contributed by atoms with Gasteiger partial charge in [0.25, 0.3) is 0 Å². The number of benzene rings is 1. The number of anilines is 1. The van der Waals surface area contributed by atoms with Crippen LogP contribution in [-0.2, 0) is 6.18 Å². The zero-order valence-electron chi connectivity index (χ0n) is 10.0. The second-order valence-corrected chi connectivity index (χ2v) is 4.39. The summed E-state index contributed by atoms with van der Waals surface area (Å²) in [6.07, 6.45) is -3.18. The number of halogens is 3. The van der Waals surface area contributed by atoms with Gasteiger partial charge in [-0.15, -0.1) is 0 Å². The monoisotopic (exact) mass is 254 g/mol. The molecule has 2 rings (SSSR count). The molecule has 0 aliphatic heterocycles. The lowest BCUT2D eigenvalue weighted by Crippen LogP contribution is -2.10. The molecule has 18 heavy (non-hydrogen) atoms. The molecule has 2 nitrogen and oxygen atoms in total. The van der Waals surface area contributed by atoms with Crippen molar-refractivity contribution in [2.24, 2.45) is 0 Å². The molecule has 1 N–H and O–H groups in total. The van der Waals surface area contributed by atoms with Gasteiger partial charge in [0.05, 0.1) is 11.1 Å². The average Bonchev–Trinajstić information content (AvgIpc) is 2.26. The molecule has 96 valence electrons. The third kappa shape index (κ3) is 2.55. The Morgan fingerprint density at radius 3 is 2.50 bits per heavy atom. The second kappa shape index (κ2) is 4.48. The fourth-order valence-corrected chi connectivity index (χ4v) is 1.82. The van der Waals surface area contributed by atoms with E-state index in [-0.39, 0.29) is 11.4 Å². The first-order valence-corrected chi connectivity index (χ1v) is 5.60. The Labute approximate surface area is 103 Å². The molecule has 0 atom stereocenters. The highest BCUT2D eigenvalue weighted by Crippen LogP contribution is 2.34. The highest BCUT2D eigenvalue weighted by atomic mass is 19.4. The quantitative estimate of drug-likeness (QED) is 0.873. The SMILES string of the molecule is CC(C)Nc1ccc2nccc(C(F)(F)F)c2c1. The summed E-state index contributed by atoms with van der Waals surface area (Å²) in [7, 11) is 0. The van der Waals surface area contributed by atoms with Gasteiger partial charge in [-0.3, -0.25) is 4.98 Å². The number of alkyl halides is 3. The summed E-state index contributed by atoms with van der Waals surface area (Å²) in [4.78, 5) is 3.95. The molecule has 0 aliphatic carbocycles. The van der Waals surface area contributed by atoms with Crippen LogP contribution in [0.3, 0.4) is 0 Å². The highest BCUT2D eigenvalue weighted by molar-refractivity contribution is 5.85. The van der Waals surface area contributed by atoms with Crippen molar-refractivity contribution in [2.75, 3.05) is 5.32 Å². The van der Waals surface area contributed by atoms with Crippen LogP contribution in [0.1, 0.15) is 19.4 Å². The average molecular weight is 254 g/mol. The van der Waals surface area contributed by atoms with Crippen LogP contribution in [0.15, 0.2) is 30.5 Å². The lowest BCUT2D eigenvalue weighted by Gasteiger charge is -2.13. The molecule has 0 radical (unpaired) electrons. The van der Waals surface area contributed by atoms with Crippen LogP contribution in [-0.4, -0.2) is 11.0 Å². The first-order valence-electron chi connectivity index (χ1n) is 5.60. The molecule has 0 fully saturated rings. The van der Waals surface area contributed by atoms with E-state index in [9.17, 15) is 13.2 Å². The van der Waals surface area contributed by atoms with Crippen molar-refractivity contribution in [1.29, 1.82) is 0 Å². The molecular formula is C13H13F3N2. The Morgan fingerprint density at radius 2 is 1.89 bits per heavy atom. The Balaban J connectivity index is 2.59. The fraction of sp³-hybridized carbons (Fsp3) is 0.308. The number of pyridine rings is 1. The molecule has 0 amide bonds. The maximum Gasteiger partial charge on any atom is 0.417 e. The van der Waals surface area contributed by atoms with E-state index in [2.05, 4.69) is 10.3 Å². The fourth-order valence-electron chi connectivity index (χ4n) is 1.82. The largest absolute Gasteiger partial charge is 0.417 e. The molecule has 1 heterocycles. The molecular weight excluding hydrogens is 241 g/mol. The summed E-state index contributed by atoms with van der Waals surface area (Å²) in [5.74, 6) is 0. The first kappa shape index (κ1) is 12.7. The molecule has 1 aromatic carbocycles. The Bertz CT molecular complexity index is 562. The number of hydrogen-bond acceptors (Lipinski definition) is 2. The highest BCUT2D eigenvalue weighted by Gasteiger charge is 2.32. The number of nitrogens with zero attached hydrogens (tertiary/aromatic N) is 1. The van der Waals surface area contributed by atoms with Crippen LogP contribution in [0.25, 0.3) is 10.9 Å². The number of fused-ring (bicyclic) bond motifs is 1. The minimum Gasteiger partial charge on any atom is -0.383 e. The summed E-state index contributed by atoms with van der Waals surface area (Å²) < 4.78 is 38.6. The van der Waals surface area contributed by atoms with Crippen molar-refractivity contribution in [1.82, 2.24) is 4.98 Å². The summed E-state index contributed by atoms with van der Waals surface area (Å²) in [6.45, 7) is 3.86. The molecule has 5 heteroatoms. The second-order valence-electron chi connectivity index (χ2n) is 4.39. The van der Waals surface area contributed by atoms with Crippen LogP contribution in [0.2, 0.25) is 0 Å². The Hall–Kier alpha value is -1.78. The Morgan fingerprint density at radius 1 is 1.17 bits per heavy atom. The van der Waals surface area contributed by atoms with Gasteiger partial charge in [-0.1, -0.05) is 0 Å². The van der Waals surface area contributed by atoms with Gasteiger partial charge in [0.2, 0.25) is 0 Å². The van der Waals surface area contributed by atoms with E-state index in [1.807, 2.05) is 13.8 Å². The first-order chi connectivity index (χ1) is 8.38. The van der Waals surface area contributed by atoms with Crippen molar-refractivity contribution in [2.45, 2.75) is 26.1 Å². The zero-order valence-corrected chi connectivity index (χ0v) is 10.0. The lowest BCUT2D eigenvalue weighted by atomic mass is 10.1. The van der Waals surface area contributed by atoms with E-state index >= 15 is 0 Å². The van der Waals surface area contributed by atoms with Crippen LogP contribution in [0, 0.1) is 0 Å². The molecule has 0 spiro atoms. The van der Waals surface area contributed by atoms with Gasteiger partial charge in [-0.2, -0.15) is 13.2 Å². The summed E-state index contributed by atoms with van der Waals surface area (Å²) in [5.41, 5.74) is 0.357. The van der Waals surface area contributed by atoms with Crippen LogP contribution < -0.4 is 5.32 Å². The van der Waals surface area contributed by atoms with E-state index in [1.54, 1.807) is 12.1 Å². The number of rotatable bonds is 2. The molecule has 0 saturated carbocycles. The van der Waals surface area contributed by atoms with E-state index in [0.29, 0.717) is 11.2 Å². The van der Waals surface area contributed by atoms with Gasteiger partial charge in [-0.25, -0.2) is 0 Å². The van der Waals surface area contributed by atoms with E-state index in [0.717, 1.165) is 6.07 Å². The lowest BCUT2D eigenvalue weighted by molar-refractivity contribution is -0.136. The van der Waals surface area contributed by atoms with Gasteiger partial charge < -0.3 is 5.32 Å². The standard InChI is InChI=1S/C13H13F3N2/c1-8(2)18-9-3-4-12-10(7-9)11(5-6-17-12)13(14,15)16/h3-8,18H,1-2H3. The third-order valence-corrected chi connectivity index (χ3v) is 2.50. The van der Waals surface area contributed by atoms with E-state index < -0.39 is 11.7 Å². The van der Waals surface area contributed by atoms with Crippen molar-refractivity contribution in [3.8, 4) is 0 Å². The number of aromatic nitrogens is 1. The summed E-state index contributed by atoms with van der Waals surface area (Å²) >= 11 is 0. The predicted octanol–water partition coefficient (Wildman–Crippen LogP) is 4.07. The summed E-state index contributed by atoms with van der Waals surface area (Å²) in [6, 6.07) is 5.98. The molecule has 0 unspecified atom stereocenters. The smallest absolute Gasteiger partial charge is 0.383 e. The van der Waals surface area contributed by atoms with Gasteiger partial charge in [0.1, 0.15) is 0 Å². The van der Waals surface area contributed by atoms with Gasteiger partial charge in [0.15, 0.2) is 0 Å². The predicted molar refractivity (Wildman–Crippen MR) is 65.5 cm³/mol. The Kier molecular flexibility index (Phi) is 3.15. The normalized spacial score (nSPS) is 12.1. The van der Waals surface area contributed by atoms with Crippen LogP contribution in [0.5, 0.6) is 0 Å². The number of nitrogens with one attached hydrogen (secondary N) is 1. The van der Waals surface area contributed by atoms with Crippen molar-refractivity contribution in [3.63, 3.8) is 0 Å². The van der Waals surface area contributed by atoms with Crippen LogP contribution in [0.4, 0.5) is 18.9 Å². The number of hydrogen-bond donors (Lipinski definition) is 1. The zero-order chi connectivity index (χ0) is 13.3. The minimum atomic E-state index is -4.36. The minimum absolute atomic E-state index is 0.121. The maximum atomic E-state index is 12.9. The van der Waals surface area contributed by atoms with Crippen LogP contribution >= 0.6 is 0 Å². The summed E-state index contributed by atoms with van der Waals surface area (Å²) in [5, 5.41) is 3.20. The maximum absolute atomic E-state index is 12.9. The molecule has 0 bridgehead atoms. The van der Waals surface area contributed by atoms with E-state index in [1.165, 1.54) is 12.3 Å². The van der Waals surface area contributed by atoms with E-state index in [4.69, 9.17) is 0 Å². The van der Waals surface area contributed by atoms with Crippen molar-refractivity contribution < 1.29 is 13.2 Å². The van der Waals surface area contributed by atoms with Gasteiger partial charge in [0, 0.05) is 23.3 Å². The molecule has 1 aromatic heterocycles. The van der Waals surface area contributed by atoms with Crippen molar-refractivity contribution in [3.05, 3.63) is 36.0 Å². The van der Waals surface area contributed by atoms with Gasteiger partial charge >= 0.3 is 6.18 Å². The van der Waals surface area contributed by atoms with Crippen molar-refractivity contribution >= 4 is 16.6 Å². The molecule has 0 saturated heterocycles. The molecule has 2 aromatic rings.